The van der Waals surface area contributed by atoms with Crippen molar-refractivity contribution < 1.29 is 28.9 Å². The molecule has 2 N–H and O–H groups in total. The van der Waals surface area contributed by atoms with Crippen LogP contribution < -0.4 is 5.32 Å². The van der Waals surface area contributed by atoms with Crippen molar-refractivity contribution >= 4 is 11.9 Å². The van der Waals surface area contributed by atoms with Crippen LogP contribution in [0.2, 0.25) is 0 Å². The number of nitrogens with zero attached hydrogens (tertiary/aromatic N) is 1. The predicted molar refractivity (Wildman–Crippen MR) is 205 cm³/mol. The van der Waals surface area contributed by atoms with Gasteiger partial charge in [-0.3, -0.25) is 14.5 Å². The van der Waals surface area contributed by atoms with Crippen molar-refractivity contribution in [3.8, 4) is 11.1 Å². The van der Waals surface area contributed by atoms with Gasteiger partial charge in [-0.25, -0.2) is 0 Å². The van der Waals surface area contributed by atoms with Gasteiger partial charge in [0, 0.05) is 44.6 Å². The van der Waals surface area contributed by atoms with Crippen LogP contribution in [0.1, 0.15) is 66.5 Å². The molecular weight excluding hydrogens is 665 g/mol. The molecule has 1 amide bonds. The fourth-order valence-corrected chi connectivity index (χ4v) is 6.81. The van der Waals surface area contributed by atoms with Crippen LogP contribution in [-0.2, 0) is 50.0 Å². The lowest BCUT2D eigenvalue weighted by Crippen LogP contribution is -2.44. The first-order valence-corrected chi connectivity index (χ1v) is 18.2. The third-order valence-corrected chi connectivity index (χ3v) is 9.66. The average Bonchev–Trinajstić information content (AvgIpc) is 3.18. The van der Waals surface area contributed by atoms with Gasteiger partial charge in [-0.05, 0) is 58.0 Å². The van der Waals surface area contributed by atoms with E-state index in [1.165, 1.54) is 18.1 Å². The van der Waals surface area contributed by atoms with E-state index >= 15 is 0 Å². The van der Waals surface area contributed by atoms with Crippen molar-refractivity contribution in [3.63, 3.8) is 0 Å². The van der Waals surface area contributed by atoms with Gasteiger partial charge >= 0.3 is 5.97 Å². The lowest BCUT2D eigenvalue weighted by atomic mass is 9.89. The first-order chi connectivity index (χ1) is 25.7. The van der Waals surface area contributed by atoms with Gasteiger partial charge in [0.15, 0.2) is 12.4 Å². The number of carbonyl (C=O) groups is 2. The van der Waals surface area contributed by atoms with Crippen molar-refractivity contribution in [2.45, 2.75) is 71.6 Å². The molecule has 6 rings (SSSR count). The summed E-state index contributed by atoms with van der Waals surface area (Å²) in [6, 6.07) is 45.3. The Labute approximate surface area is 312 Å². The number of hydrogen-bond donors (Lipinski definition) is 2. The molecule has 0 aromatic heterocycles. The Morgan fingerprint density at radius 1 is 0.736 bits per heavy atom. The zero-order chi connectivity index (χ0) is 37.2. The van der Waals surface area contributed by atoms with Crippen LogP contribution in [0, 0.1) is 5.92 Å². The fourth-order valence-electron chi connectivity index (χ4n) is 6.81. The zero-order valence-corrected chi connectivity index (χ0v) is 30.6. The maximum absolute atomic E-state index is 12.5. The van der Waals surface area contributed by atoms with E-state index in [0.717, 1.165) is 46.5 Å². The summed E-state index contributed by atoms with van der Waals surface area (Å²) in [5.41, 5.74) is 8.17. The number of aliphatic hydroxyl groups is 1. The third-order valence-electron chi connectivity index (χ3n) is 9.66. The minimum atomic E-state index is -0.866. The number of amides is 1. The second-order valence-corrected chi connectivity index (χ2v) is 13.8. The summed E-state index contributed by atoms with van der Waals surface area (Å²) in [5.74, 6) is -0.822. The Hall–Kier alpha value is -5.12. The highest BCUT2D eigenvalue weighted by atomic mass is 16.7. The number of benzene rings is 5. The van der Waals surface area contributed by atoms with Crippen LogP contribution in [0.3, 0.4) is 0 Å². The third kappa shape index (κ3) is 10.3. The van der Waals surface area contributed by atoms with E-state index in [1.807, 2.05) is 72.8 Å². The lowest BCUT2D eigenvalue weighted by Gasteiger charge is -2.43. The van der Waals surface area contributed by atoms with Crippen molar-refractivity contribution in [1.82, 2.24) is 10.2 Å². The van der Waals surface area contributed by atoms with Gasteiger partial charge in [0.1, 0.15) is 0 Å². The summed E-state index contributed by atoms with van der Waals surface area (Å²) < 4.78 is 18.8. The number of hydrogen-bond acceptors (Lipinski definition) is 7. The molecule has 0 aliphatic carbocycles. The molecule has 5 aromatic rings. The largest absolute Gasteiger partial charge is 0.453 e. The van der Waals surface area contributed by atoms with Crippen molar-refractivity contribution in [3.05, 3.63) is 167 Å². The molecule has 0 unspecified atom stereocenters. The van der Waals surface area contributed by atoms with E-state index < -0.39 is 18.4 Å². The molecule has 8 heteroatoms. The molecule has 1 heterocycles. The Kier molecular flexibility index (Phi) is 12.8. The molecule has 274 valence electrons. The van der Waals surface area contributed by atoms with E-state index in [0.29, 0.717) is 13.1 Å². The molecule has 53 heavy (non-hydrogen) atoms. The second-order valence-electron chi connectivity index (χ2n) is 13.8. The van der Waals surface area contributed by atoms with E-state index in [1.54, 1.807) is 6.92 Å². The quantitative estimate of drug-likeness (QED) is 0.113. The van der Waals surface area contributed by atoms with Gasteiger partial charge in [-0.15, -0.1) is 0 Å². The topological polar surface area (TPSA) is 97.3 Å². The maximum Gasteiger partial charge on any atom is 0.303 e. The van der Waals surface area contributed by atoms with Crippen LogP contribution in [-0.4, -0.2) is 40.6 Å². The van der Waals surface area contributed by atoms with Gasteiger partial charge in [-0.2, -0.15) is 0 Å². The molecule has 0 bridgehead atoms. The van der Waals surface area contributed by atoms with Gasteiger partial charge in [-0.1, -0.05) is 128 Å². The van der Waals surface area contributed by atoms with E-state index in [2.05, 4.69) is 77.8 Å². The van der Waals surface area contributed by atoms with Crippen LogP contribution >= 0.6 is 0 Å². The van der Waals surface area contributed by atoms with E-state index in [4.69, 9.17) is 14.2 Å². The Bertz CT molecular complexity index is 1890. The molecule has 0 radical (unpaired) electrons. The minimum absolute atomic E-state index is 0.0165. The van der Waals surface area contributed by atoms with Crippen molar-refractivity contribution in [2.24, 2.45) is 5.92 Å². The molecular formula is C45H48N2O6. The summed E-state index contributed by atoms with van der Waals surface area (Å²) in [6.07, 6.45) is -1.89. The predicted octanol–water partition coefficient (Wildman–Crippen LogP) is 7.91. The van der Waals surface area contributed by atoms with Gasteiger partial charge in [0.25, 0.3) is 5.91 Å². The summed E-state index contributed by atoms with van der Waals surface area (Å²) >= 11 is 0. The van der Waals surface area contributed by atoms with Gasteiger partial charge < -0.3 is 24.6 Å². The lowest BCUT2D eigenvalue weighted by molar-refractivity contribution is -0.276. The second kappa shape index (κ2) is 18.1. The summed E-state index contributed by atoms with van der Waals surface area (Å²) in [7, 11) is 0. The van der Waals surface area contributed by atoms with Crippen LogP contribution in [0.4, 0.5) is 0 Å². The molecule has 5 aromatic carbocycles. The number of nitrogens with one attached hydrogen (secondary N) is 1. The highest BCUT2D eigenvalue weighted by Gasteiger charge is 2.39. The van der Waals surface area contributed by atoms with Crippen LogP contribution in [0.25, 0.3) is 11.1 Å². The first-order valence-electron chi connectivity index (χ1n) is 18.2. The highest BCUT2D eigenvalue weighted by molar-refractivity contribution is 5.82. The van der Waals surface area contributed by atoms with Gasteiger partial charge in [0.2, 0.25) is 0 Å². The highest BCUT2D eigenvalue weighted by Crippen LogP contribution is 2.42. The Balaban J connectivity index is 1.26. The number of ether oxygens (including phenoxy) is 3. The zero-order valence-electron chi connectivity index (χ0n) is 30.6. The molecule has 1 fully saturated rings. The minimum Gasteiger partial charge on any atom is -0.453 e. The SMILES string of the molecule is CC(=O)O[C@@H](C)C(=O)NCc1cccc(-c2cccc([C@H]3O[C@@H](CN(Cc4ccccc4)Cc4ccccc4)[C@@H](C)[C@@H](c4ccc(CO)cc4)O3)c2)c1. The number of carbonyl (C=O) groups excluding carboxylic acids is 2. The van der Waals surface area contributed by atoms with Crippen LogP contribution in [0.15, 0.2) is 133 Å². The maximum atomic E-state index is 12.5. The first kappa shape index (κ1) is 37.6. The number of esters is 1. The Morgan fingerprint density at radius 2 is 1.34 bits per heavy atom. The normalized spacial score (nSPS) is 19.0. The van der Waals surface area contributed by atoms with E-state index in [9.17, 15) is 14.7 Å². The van der Waals surface area contributed by atoms with Crippen molar-refractivity contribution in [1.29, 1.82) is 0 Å². The summed E-state index contributed by atoms with van der Waals surface area (Å²) in [4.78, 5) is 26.2. The molecule has 0 spiro atoms. The van der Waals surface area contributed by atoms with Crippen molar-refractivity contribution in [2.75, 3.05) is 6.54 Å². The molecule has 1 aliphatic rings. The number of aliphatic hydroxyl groups excluding tert-OH is 1. The molecule has 1 saturated heterocycles. The summed E-state index contributed by atoms with van der Waals surface area (Å²) in [5, 5.41) is 12.6. The average molecular weight is 713 g/mol. The summed E-state index contributed by atoms with van der Waals surface area (Å²) in [6.45, 7) is 7.56. The molecule has 1 aliphatic heterocycles. The standard InChI is InChI=1S/C45H48N2O6/c1-31-42(29-47(27-34-12-6-4-7-13-34)28-35-14-8-5-9-15-35)52-45(53-43(31)38-22-20-36(30-48)21-23-38)41-19-11-18-40(25-41)39-17-10-16-37(24-39)26-46-44(50)32(2)51-33(3)49/h4-25,31-32,42-43,45,48H,26-30H2,1-3H3,(H,46,50)/t31-,32+,42+,43+,45+/m1/s1. The fraction of sp³-hybridized carbons (Fsp3) is 0.289. The molecule has 0 saturated carbocycles. The molecule has 8 nitrogen and oxygen atoms in total. The van der Waals surface area contributed by atoms with Gasteiger partial charge in [0.05, 0.1) is 18.8 Å². The number of rotatable bonds is 14. The Morgan fingerprint density at radius 3 is 1.96 bits per heavy atom. The monoisotopic (exact) mass is 712 g/mol. The van der Waals surface area contributed by atoms with E-state index in [-0.39, 0.29) is 30.6 Å². The molecule has 5 atom stereocenters. The smallest absolute Gasteiger partial charge is 0.303 e. The van der Waals surface area contributed by atoms with Crippen LogP contribution in [0.5, 0.6) is 0 Å².